The van der Waals surface area contributed by atoms with Gasteiger partial charge in [0.15, 0.2) is 5.82 Å². The number of imidazole rings is 1. The largest absolute Gasteiger partial charge is 0.340 e. The number of benzene rings is 1. The van der Waals surface area contributed by atoms with Gasteiger partial charge in [-0.15, -0.1) is 0 Å². The zero-order valence-electron chi connectivity index (χ0n) is 14.2. The van der Waals surface area contributed by atoms with Gasteiger partial charge in [0.2, 0.25) is 11.8 Å². The van der Waals surface area contributed by atoms with Gasteiger partial charge in [0.25, 0.3) is 0 Å². The number of para-hydroxylation sites is 2. The number of nitrogens with zero attached hydrogens (tertiary/aromatic N) is 5. The predicted molar refractivity (Wildman–Crippen MR) is 89.9 cm³/mol. The third kappa shape index (κ3) is 2.54. The standard InChI is InChI=1S/C17H19N5O3/c1-11-18-16(19-25-11)14-8-5-9-21(14)15(23)10-22-13-7-4-3-6-12(13)20(2)17(22)24/h3-4,6-7,14H,5,8-10H2,1-2H3/t14-/m1/s1. The number of hydrogen-bond donors (Lipinski definition) is 0. The minimum absolute atomic E-state index is 0.00746. The Morgan fingerprint density at radius 1 is 1.32 bits per heavy atom. The van der Waals surface area contributed by atoms with Crippen LogP contribution < -0.4 is 5.69 Å². The van der Waals surface area contributed by atoms with Crippen LogP contribution in [0.3, 0.4) is 0 Å². The molecule has 1 saturated heterocycles. The molecule has 1 aliphatic rings. The zero-order chi connectivity index (χ0) is 17.6. The second kappa shape index (κ2) is 5.87. The Hall–Kier alpha value is -2.90. The molecule has 0 aliphatic carbocycles. The predicted octanol–water partition coefficient (Wildman–Crippen LogP) is 1.40. The summed E-state index contributed by atoms with van der Waals surface area (Å²) in [5.41, 5.74) is 1.38. The Morgan fingerprint density at radius 2 is 2.08 bits per heavy atom. The molecule has 0 unspecified atom stereocenters. The molecule has 3 aromatic rings. The van der Waals surface area contributed by atoms with Crippen LogP contribution in [0.25, 0.3) is 11.0 Å². The fourth-order valence-corrected chi connectivity index (χ4v) is 3.53. The van der Waals surface area contributed by atoms with E-state index in [-0.39, 0.29) is 24.2 Å². The normalized spacial score (nSPS) is 17.5. The molecule has 3 heterocycles. The van der Waals surface area contributed by atoms with Crippen molar-refractivity contribution in [2.75, 3.05) is 6.54 Å². The maximum atomic E-state index is 12.9. The summed E-state index contributed by atoms with van der Waals surface area (Å²) in [4.78, 5) is 31.4. The second-order valence-corrected chi connectivity index (χ2v) is 6.33. The molecule has 0 spiro atoms. The van der Waals surface area contributed by atoms with Gasteiger partial charge in [0.1, 0.15) is 6.54 Å². The van der Waals surface area contributed by atoms with Crippen molar-refractivity contribution in [3.63, 3.8) is 0 Å². The molecule has 1 aromatic carbocycles. The number of aryl methyl sites for hydroxylation is 2. The number of carbonyl (C=O) groups excluding carboxylic acids is 1. The van der Waals surface area contributed by atoms with Gasteiger partial charge < -0.3 is 9.42 Å². The molecule has 4 rings (SSSR count). The molecular formula is C17H19N5O3. The highest BCUT2D eigenvalue weighted by atomic mass is 16.5. The molecule has 1 atom stereocenters. The molecule has 0 radical (unpaired) electrons. The lowest BCUT2D eigenvalue weighted by Gasteiger charge is -2.22. The number of likely N-dealkylation sites (tertiary alicyclic amines) is 1. The van der Waals surface area contributed by atoms with E-state index >= 15 is 0 Å². The van der Waals surface area contributed by atoms with Crippen molar-refractivity contribution in [1.29, 1.82) is 0 Å². The maximum absolute atomic E-state index is 12.9. The fraction of sp³-hybridized carbons (Fsp3) is 0.412. The Morgan fingerprint density at radius 3 is 2.80 bits per heavy atom. The molecular weight excluding hydrogens is 322 g/mol. The van der Waals surface area contributed by atoms with Crippen molar-refractivity contribution in [3.8, 4) is 0 Å². The van der Waals surface area contributed by atoms with Gasteiger partial charge in [-0.2, -0.15) is 4.98 Å². The first-order chi connectivity index (χ1) is 12.1. The van der Waals surface area contributed by atoms with Crippen LogP contribution in [0.1, 0.15) is 30.6 Å². The van der Waals surface area contributed by atoms with Crippen LogP contribution in [0.2, 0.25) is 0 Å². The van der Waals surface area contributed by atoms with Crippen LogP contribution in [0.4, 0.5) is 0 Å². The van der Waals surface area contributed by atoms with E-state index in [0.717, 1.165) is 23.9 Å². The van der Waals surface area contributed by atoms with Crippen LogP contribution in [0, 0.1) is 6.92 Å². The van der Waals surface area contributed by atoms with Crippen molar-refractivity contribution in [3.05, 3.63) is 46.5 Å². The topological polar surface area (TPSA) is 86.2 Å². The van der Waals surface area contributed by atoms with E-state index in [1.807, 2.05) is 24.3 Å². The van der Waals surface area contributed by atoms with E-state index in [1.54, 1.807) is 23.4 Å². The number of aromatic nitrogens is 4. The molecule has 8 nitrogen and oxygen atoms in total. The van der Waals surface area contributed by atoms with Crippen LogP contribution >= 0.6 is 0 Å². The van der Waals surface area contributed by atoms with Crippen molar-refractivity contribution >= 4 is 16.9 Å². The highest BCUT2D eigenvalue weighted by Gasteiger charge is 2.33. The van der Waals surface area contributed by atoms with E-state index < -0.39 is 0 Å². The minimum Gasteiger partial charge on any atom is -0.340 e. The molecule has 130 valence electrons. The van der Waals surface area contributed by atoms with Crippen molar-refractivity contribution in [2.24, 2.45) is 7.05 Å². The third-order valence-electron chi connectivity index (χ3n) is 4.76. The molecule has 8 heteroatoms. The van der Waals surface area contributed by atoms with Gasteiger partial charge in [-0.25, -0.2) is 4.79 Å². The maximum Gasteiger partial charge on any atom is 0.329 e. The van der Waals surface area contributed by atoms with Crippen molar-refractivity contribution < 1.29 is 9.32 Å². The average molecular weight is 341 g/mol. The summed E-state index contributed by atoms with van der Waals surface area (Å²) < 4.78 is 8.13. The van der Waals surface area contributed by atoms with E-state index in [1.165, 1.54) is 4.57 Å². The van der Waals surface area contributed by atoms with Gasteiger partial charge in [0, 0.05) is 20.5 Å². The summed E-state index contributed by atoms with van der Waals surface area (Å²) in [6.07, 6.45) is 1.68. The van der Waals surface area contributed by atoms with Crippen LogP contribution in [-0.2, 0) is 18.4 Å². The summed E-state index contributed by atoms with van der Waals surface area (Å²) in [7, 11) is 1.71. The average Bonchev–Trinajstić information content (AvgIpc) is 3.31. The molecule has 0 saturated carbocycles. The van der Waals surface area contributed by atoms with Crippen LogP contribution in [0.5, 0.6) is 0 Å². The summed E-state index contributed by atoms with van der Waals surface area (Å²) >= 11 is 0. The summed E-state index contributed by atoms with van der Waals surface area (Å²) in [6.45, 7) is 2.37. The molecule has 2 aromatic heterocycles. The molecule has 1 amide bonds. The Labute approximate surface area is 143 Å². The van der Waals surface area contributed by atoms with Crippen molar-refractivity contribution in [1.82, 2.24) is 24.2 Å². The summed E-state index contributed by atoms with van der Waals surface area (Å²) in [5, 5.41) is 3.96. The Balaban J connectivity index is 1.64. The SMILES string of the molecule is Cc1nc([C@H]2CCCN2C(=O)Cn2c(=O)n(C)c3ccccc32)no1. The number of fused-ring (bicyclic) bond motifs is 1. The lowest BCUT2D eigenvalue weighted by Crippen LogP contribution is -2.36. The molecule has 0 bridgehead atoms. The molecule has 1 aliphatic heterocycles. The number of rotatable bonds is 3. The van der Waals surface area contributed by atoms with E-state index in [0.29, 0.717) is 18.3 Å². The first-order valence-corrected chi connectivity index (χ1v) is 8.30. The highest BCUT2D eigenvalue weighted by molar-refractivity contribution is 5.81. The third-order valence-corrected chi connectivity index (χ3v) is 4.76. The van der Waals surface area contributed by atoms with Crippen molar-refractivity contribution in [2.45, 2.75) is 32.4 Å². The molecule has 25 heavy (non-hydrogen) atoms. The van der Waals surface area contributed by atoms with Gasteiger partial charge >= 0.3 is 5.69 Å². The Kier molecular flexibility index (Phi) is 3.67. The van der Waals surface area contributed by atoms with Crippen LogP contribution in [-0.4, -0.2) is 36.6 Å². The first-order valence-electron chi connectivity index (χ1n) is 8.30. The van der Waals surface area contributed by atoms with Gasteiger partial charge in [-0.3, -0.25) is 13.9 Å². The quantitative estimate of drug-likeness (QED) is 0.719. The second-order valence-electron chi connectivity index (χ2n) is 6.33. The van der Waals surface area contributed by atoms with Gasteiger partial charge in [-0.05, 0) is 25.0 Å². The minimum atomic E-state index is -0.194. The van der Waals surface area contributed by atoms with Crippen LogP contribution in [0.15, 0.2) is 33.6 Å². The smallest absolute Gasteiger partial charge is 0.329 e. The first kappa shape index (κ1) is 15.6. The number of carbonyl (C=O) groups is 1. The lowest BCUT2D eigenvalue weighted by atomic mass is 10.2. The van der Waals surface area contributed by atoms with E-state index in [2.05, 4.69) is 10.1 Å². The fourth-order valence-electron chi connectivity index (χ4n) is 3.53. The summed E-state index contributed by atoms with van der Waals surface area (Å²) in [6, 6.07) is 7.29. The molecule has 1 fully saturated rings. The lowest BCUT2D eigenvalue weighted by molar-refractivity contribution is -0.132. The molecule has 0 N–H and O–H groups in total. The van der Waals surface area contributed by atoms with Gasteiger partial charge in [-0.1, -0.05) is 17.3 Å². The summed E-state index contributed by atoms with van der Waals surface area (Å²) in [5.74, 6) is 0.914. The number of hydrogen-bond acceptors (Lipinski definition) is 5. The van der Waals surface area contributed by atoms with E-state index in [4.69, 9.17) is 4.52 Å². The van der Waals surface area contributed by atoms with Gasteiger partial charge in [0.05, 0.1) is 17.1 Å². The van der Waals surface area contributed by atoms with E-state index in [9.17, 15) is 9.59 Å². The number of amides is 1. The highest BCUT2D eigenvalue weighted by Crippen LogP contribution is 2.30. The zero-order valence-corrected chi connectivity index (χ0v) is 14.2. The monoisotopic (exact) mass is 341 g/mol. The Bertz CT molecular complexity index is 999.